The largest absolute Gasteiger partial charge is 0.606 e. The first kappa shape index (κ1) is 29.7. The van der Waals surface area contributed by atoms with E-state index in [9.17, 15) is 14.1 Å². The standard InChI is InChI=1S/C14H10O5S.C13H30N/c15-13(16)9-1-5-11(6-2-9)20(19)12-7-3-10(4-8-12)14(17)18;1-5-8-11-14(4,12-9-6-2)13-10-7-3/h1-8H,(H,15,16)(H,17,18);5-13H2,1-4H3/q;+1. The summed E-state index contributed by atoms with van der Waals surface area (Å²) in [5, 5.41) is 17.6. The zero-order valence-electron chi connectivity index (χ0n) is 21.0. The summed E-state index contributed by atoms with van der Waals surface area (Å²) in [6.45, 7) is 11.0. The summed E-state index contributed by atoms with van der Waals surface area (Å²) in [6, 6.07) is 11.4. The van der Waals surface area contributed by atoms with Gasteiger partial charge in [-0.05, 0) is 67.8 Å². The number of hydrogen-bond acceptors (Lipinski definition) is 3. The number of hydrogen-bond donors (Lipinski definition) is 2. The Bertz CT molecular complexity index is 788. The lowest BCUT2D eigenvalue weighted by molar-refractivity contribution is -0.910. The van der Waals surface area contributed by atoms with Crippen molar-refractivity contribution in [1.29, 1.82) is 0 Å². The molecule has 6 nitrogen and oxygen atoms in total. The molecule has 0 spiro atoms. The van der Waals surface area contributed by atoms with Gasteiger partial charge in [0, 0.05) is 11.2 Å². The average molecular weight is 491 g/mol. The van der Waals surface area contributed by atoms with Crippen molar-refractivity contribution in [3.63, 3.8) is 0 Å². The molecule has 0 saturated carbocycles. The van der Waals surface area contributed by atoms with Gasteiger partial charge in [0.05, 0.1) is 37.8 Å². The molecular weight excluding hydrogens is 450 g/mol. The SMILES string of the molecule is CCCC[N+](C)(CCCC)CCCC.O=C(O)c1ccc([S+]([O-])c2ccc(C(=O)O)cc2)cc1. The Kier molecular flexibility index (Phi) is 13.6. The van der Waals surface area contributed by atoms with Gasteiger partial charge >= 0.3 is 11.9 Å². The molecule has 0 aromatic heterocycles. The van der Waals surface area contributed by atoms with Gasteiger partial charge in [0.25, 0.3) is 0 Å². The lowest BCUT2D eigenvalue weighted by Crippen LogP contribution is -2.46. The number of carbonyl (C=O) groups is 2. The lowest BCUT2D eigenvalue weighted by Gasteiger charge is -2.34. The summed E-state index contributed by atoms with van der Waals surface area (Å²) in [6.07, 6.45) is 8.20. The van der Waals surface area contributed by atoms with E-state index in [0.717, 1.165) is 0 Å². The minimum absolute atomic E-state index is 0.118. The fraction of sp³-hybridized carbons (Fsp3) is 0.481. The van der Waals surface area contributed by atoms with E-state index in [1.54, 1.807) is 0 Å². The predicted molar refractivity (Wildman–Crippen MR) is 137 cm³/mol. The summed E-state index contributed by atoms with van der Waals surface area (Å²) in [5.41, 5.74) is 0.235. The molecule has 0 saturated heterocycles. The van der Waals surface area contributed by atoms with E-state index >= 15 is 0 Å². The number of benzene rings is 2. The van der Waals surface area contributed by atoms with E-state index in [1.807, 2.05) is 0 Å². The Morgan fingerprint density at radius 2 is 1.00 bits per heavy atom. The molecule has 0 aliphatic rings. The van der Waals surface area contributed by atoms with Crippen LogP contribution < -0.4 is 0 Å². The van der Waals surface area contributed by atoms with E-state index in [1.165, 1.54) is 111 Å². The quantitative estimate of drug-likeness (QED) is 0.262. The fourth-order valence-corrected chi connectivity index (χ4v) is 4.57. The van der Waals surface area contributed by atoms with E-state index < -0.39 is 23.1 Å². The molecule has 0 fully saturated rings. The molecule has 2 rings (SSSR count). The monoisotopic (exact) mass is 490 g/mol. The van der Waals surface area contributed by atoms with Gasteiger partial charge in [-0.3, -0.25) is 0 Å². The second-order valence-electron chi connectivity index (χ2n) is 8.78. The molecule has 0 bridgehead atoms. The predicted octanol–water partition coefficient (Wildman–Crippen LogP) is 6.08. The third-order valence-electron chi connectivity index (χ3n) is 5.79. The fourth-order valence-electron chi connectivity index (χ4n) is 3.53. The van der Waals surface area contributed by atoms with Gasteiger partial charge < -0.3 is 19.2 Å². The first-order chi connectivity index (χ1) is 16.2. The highest BCUT2D eigenvalue weighted by Crippen LogP contribution is 2.21. The van der Waals surface area contributed by atoms with Crippen molar-refractivity contribution in [2.45, 2.75) is 69.1 Å². The van der Waals surface area contributed by atoms with Crippen LogP contribution in [0.15, 0.2) is 58.3 Å². The van der Waals surface area contributed by atoms with Crippen LogP contribution in [0.4, 0.5) is 0 Å². The van der Waals surface area contributed by atoms with Gasteiger partial charge in [-0.15, -0.1) is 0 Å². The number of unbranched alkanes of at least 4 members (excludes halogenated alkanes) is 3. The van der Waals surface area contributed by atoms with Crippen molar-refractivity contribution in [3.05, 3.63) is 59.7 Å². The highest BCUT2D eigenvalue weighted by molar-refractivity contribution is 7.91. The van der Waals surface area contributed by atoms with Crippen molar-refractivity contribution in [2.75, 3.05) is 26.7 Å². The molecule has 0 aliphatic carbocycles. The average Bonchev–Trinajstić information content (AvgIpc) is 2.85. The summed E-state index contributed by atoms with van der Waals surface area (Å²) in [5.74, 6) is -2.10. The zero-order chi connectivity index (χ0) is 25.6. The normalized spacial score (nSPS) is 11.1. The van der Waals surface area contributed by atoms with Gasteiger partial charge in [0.2, 0.25) is 0 Å². The molecule has 2 N–H and O–H groups in total. The van der Waals surface area contributed by atoms with Gasteiger partial charge in [-0.25, -0.2) is 9.59 Å². The molecule has 2 aromatic rings. The summed E-state index contributed by atoms with van der Waals surface area (Å²) < 4.78 is 13.5. The third-order valence-corrected chi connectivity index (χ3v) is 7.19. The van der Waals surface area contributed by atoms with Crippen LogP contribution >= 0.6 is 0 Å². The number of carboxylic acids is 2. The minimum Gasteiger partial charge on any atom is -0.606 e. The lowest BCUT2D eigenvalue weighted by atomic mass is 10.2. The Hall–Kier alpha value is -2.35. The van der Waals surface area contributed by atoms with E-state index in [0.29, 0.717) is 9.79 Å². The van der Waals surface area contributed by atoms with Crippen LogP contribution in [0.1, 0.15) is 80.0 Å². The maximum atomic E-state index is 12.2. The summed E-state index contributed by atoms with van der Waals surface area (Å²) >= 11 is -1.48. The number of aromatic carboxylic acids is 2. The Morgan fingerprint density at radius 1 is 0.706 bits per heavy atom. The zero-order valence-corrected chi connectivity index (χ0v) is 21.8. The highest BCUT2D eigenvalue weighted by atomic mass is 32.2. The van der Waals surface area contributed by atoms with Crippen LogP contribution in [0.3, 0.4) is 0 Å². The first-order valence-electron chi connectivity index (χ1n) is 12.1. The molecule has 0 aliphatic heterocycles. The maximum absolute atomic E-state index is 12.2. The number of carboxylic acid groups (broad SMARTS) is 2. The molecule has 2 aromatic carbocycles. The van der Waals surface area contributed by atoms with E-state index in [-0.39, 0.29) is 11.1 Å². The van der Waals surface area contributed by atoms with Gasteiger partial charge in [0.1, 0.15) is 0 Å². The van der Waals surface area contributed by atoms with Crippen LogP contribution in [0.5, 0.6) is 0 Å². The van der Waals surface area contributed by atoms with Crippen molar-refractivity contribution in [1.82, 2.24) is 0 Å². The highest BCUT2D eigenvalue weighted by Gasteiger charge is 2.19. The molecule has 0 atom stereocenters. The van der Waals surface area contributed by atoms with Crippen molar-refractivity contribution in [2.24, 2.45) is 0 Å². The maximum Gasteiger partial charge on any atom is 0.335 e. The third kappa shape index (κ3) is 10.3. The molecule has 0 heterocycles. The van der Waals surface area contributed by atoms with Crippen LogP contribution in [0, 0.1) is 0 Å². The van der Waals surface area contributed by atoms with Crippen molar-refractivity contribution < 1.29 is 28.8 Å². The van der Waals surface area contributed by atoms with E-state index in [2.05, 4.69) is 27.8 Å². The van der Waals surface area contributed by atoms with Crippen molar-refractivity contribution >= 4 is 23.1 Å². The molecular formula is C27H40NO5S+. The topological polar surface area (TPSA) is 97.7 Å². The minimum atomic E-state index is -1.48. The van der Waals surface area contributed by atoms with Crippen LogP contribution in [-0.2, 0) is 11.2 Å². The second-order valence-corrected chi connectivity index (χ2v) is 10.3. The first-order valence-corrected chi connectivity index (χ1v) is 13.2. The molecule has 34 heavy (non-hydrogen) atoms. The molecule has 0 unspecified atom stereocenters. The van der Waals surface area contributed by atoms with Crippen molar-refractivity contribution in [3.8, 4) is 0 Å². The van der Waals surface area contributed by atoms with E-state index in [4.69, 9.17) is 10.2 Å². The van der Waals surface area contributed by atoms with Crippen LogP contribution in [-0.4, -0.2) is 57.9 Å². The number of nitrogens with zero attached hydrogens (tertiary/aromatic N) is 1. The van der Waals surface area contributed by atoms with Gasteiger partial charge in [-0.2, -0.15) is 0 Å². The molecule has 188 valence electrons. The summed E-state index contributed by atoms with van der Waals surface area (Å²) in [4.78, 5) is 22.4. The Balaban J connectivity index is 0.000000365. The van der Waals surface area contributed by atoms with Crippen LogP contribution in [0.2, 0.25) is 0 Å². The summed E-state index contributed by atoms with van der Waals surface area (Å²) in [7, 11) is 2.45. The Labute approximate surface area is 207 Å². The second kappa shape index (κ2) is 15.5. The smallest absolute Gasteiger partial charge is 0.335 e. The number of rotatable bonds is 13. The number of quaternary nitrogens is 1. The molecule has 7 heteroatoms. The molecule has 0 radical (unpaired) electrons. The molecule has 0 amide bonds. The van der Waals surface area contributed by atoms with Gasteiger partial charge in [-0.1, -0.05) is 40.0 Å². The van der Waals surface area contributed by atoms with Crippen LogP contribution in [0.25, 0.3) is 0 Å². The Morgan fingerprint density at radius 3 is 1.24 bits per heavy atom. The van der Waals surface area contributed by atoms with Gasteiger partial charge in [0.15, 0.2) is 9.79 Å².